The maximum Gasteiger partial charge on any atom is 0.179 e. The number of para-hydroxylation sites is 3. The third kappa shape index (κ3) is 4.28. The molecule has 0 bridgehead atoms. The van der Waals surface area contributed by atoms with Crippen molar-refractivity contribution < 1.29 is 9.47 Å². The Morgan fingerprint density at radius 1 is 0.833 bits per heavy atom. The molecular formula is C33H27ClN6O2. The van der Waals surface area contributed by atoms with Gasteiger partial charge in [-0.15, -0.1) is 0 Å². The van der Waals surface area contributed by atoms with Crippen LogP contribution in [0.2, 0.25) is 5.02 Å². The zero-order valence-electron chi connectivity index (χ0n) is 23.2. The van der Waals surface area contributed by atoms with Crippen molar-refractivity contribution >= 4 is 46.2 Å². The number of methoxy groups -OCH3 is 2. The fourth-order valence-electron chi connectivity index (χ4n) is 5.55. The van der Waals surface area contributed by atoms with Crippen LogP contribution in [-0.4, -0.2) is 35.7 Å². The number of anilines is 2. The molecule has 8 nitrogen and oxygen atoms in total. The third-order valence-corrected chi connectivity index (χ3v) is 7.76. The minimum Gasteiger partial charge on any atom is -0.497 e. The highest BCUT2D eigenvalue weighted by Crippen LogP contribution is 2.48. The predicted molar refractivity (Wildman–Crippen MR) is 168 cm³/mol. The van der Waals surface area contributed by atoms with Crippen LogP contribution in [0.1, 0.15) is 22.9 Å². The molecule has 42 heavy (non-hydrogen) atoms. The van der Waals surface area contributed by atoms with Crippen molar-refractivity contribution in [3.8, 4) is 17.2 Å². The maximum atomic E-state index is 6.49. The average molecular weight is 575 g/mol. The summed E-state index contributed by atoms with van der Waals surface area (Å²) in [6.45, 7) is 2.04. The summed E-state index contributed by atoms with van der Waals surface area (Å²) < 4.78 is 12.9. The van der Waals surface area contributed by atoms with Gasteiger partial charge < -0.3 is 19.7 Å². The summed E-state index contributed by atoms with van der Waals surface area (Å²) in [5, 5.41) is 8.98. The van der Waals surface area contributed by atoms with Crippen LogP contribution in [0.3, 0.4) is 0 Å². The van der Waals surface area contributed by atoms with Gasteiger partial charge in [-0.25, -0.2) is 14.7 Å². The molecule has 1 aromatic heterocycles. The Balaban J connectivity index is 1.48. The van der Waals surface area contributed by atoms with Crippen LogP contribution in [0.5, 0.6) is 11.5 Å². The first-order valence-corrected chi connectivity index (χ1v) is 13.9. The number of nitrogens with one attached hydrogen (secondary N) is 1. The number of nitrogens with zero attached hydrogens (tertiary/aromatic N) is 5. The van der Waals surface area contributed by atoms with Gasteiger partial charge in [-0.3, -0.25) is 0 Å². The quantitative estimate of drug-likeness (QED) is 0.233. The van der Waals surface area contributed by atoms with E-state index in [4.69, 9.17) is 36.2 Å². The minimum atomic E-state index is -0.257. The number of fused-ring (bicyclic) bond motifs is 4. The summed E-state index contributed by atoms with van der Waals surface area (Å²) in [6, 6.07) is 31.6. The Labute approximate surface area is 248 Å². The van der Waals surface area contributed by atoms with E-state index in [2.05, 4.69) is 28.4 Å². The zero-order chi connectivity index (χ0) is 28.8. The molecule has 0 aliphatic carbocycles. The molecule has 0 fully saturated rings. The van der Waals surface area contributed by atoms with Crippen LogP contribution in [0.15, 0.2) is 107 Å². The van der Waals surface area contributed by atoms with Crippen molar-refractivity contribution in [3.63, 3.8) is 0 Å². The van der Waals surface area contributed by atoms with Gasteiger partial charge in [0, 0.05) is 11.3 Å². The number of aromatic nitrogens is 2. The number of aliphatic imine (C=N–C) groups is 2. The van der Waals surface area contributed by atoms with Gasteiger partial charge in [0.15, 0.2) is 17.5 Å². The number of ether oxygens (including phenoxy) is 2. The number of aryl methyl sites for hydroxylation is 1. The molecular weight excluding hydrogens is 548 g/mol. The van der Waals surface area contributed by atoms with E-state index in [9.17, 15) is 0 Å². The molecule has 0 radical (unpaired) electrons. The molecule has 2 aliphatic heterocycles. The number of halogens is 1. The van der Waals surface area contributed by atoms with Gasteiger partial charge in [0.2, 0.25) is 0 Å². The molecule has 0 saturated heterocycles. The second-order valence-corrected chi connectivity index (χ2v) is 10.4. The van der Waals surface area contributed by atoms with Crippen molar-refractivity contribution in [2.75, 3.05) is 24.4 Å². The second-order valence-electron chi connectivity index (χ2n) is 9.98. The van der Waals surface area contributed by atoms with Crippen LogP contribution in [0.25, 0.3) is 5.69 Å². The lowest BCUT2D eigenvalue weighted by Crippen LogP contribution is -2.46. The molecule has 4 aromatic carbocycles. The van der Waals surface area contributed by atoms with Crippen molar-refractivity contribution in [1.82, 2.24) is 9.78 Å². The molecule has 208 valence electrons. The van der Waals surface area contributed by atoms with Crippen molar-refractivity contribution in [1.29, 1.82) is 0 Å². The SMILES string of the molecule is COc1cccc(C2c3c(C)nn(-c4ccccc4)c3N=C3C(Nc4ccc(OC)c(Cl)c4)=Nc4ccccc4N32)c1. The van der Waals surface area contributed by atoms with E-state index in [1.807, 2.05) is 90.5 Å². The van der Waals surface area contributed by atoms with E-state index in [1.165, 1.54) is 0 Å². The Hall–Kier alpha value is -5.08. The van der Waals surface area contributed by atoms with Gasteiger partial charge >= 0.3 is 0 Å². The Bertz CT molecular complexity index is 1880. The van der Waals surface area contributed by atoms with Crippen molar-refractivity contribution in [3.05, 3.63) is 119 Å². The fraction of sp³-hybridized carbons (Fsp3) is 0.121. The van der Waals surface area contributed by atoms with E-state index in [1.54, 1.807) is 14.2 Å². The Kier molecular flexibility index (Phi) is 6.40. The summed E-state index contributed by atoms with van der Waals surface area (Å²) in [7, 11) is 3.28. The molecule has 0 saturated carbocycles. The maximum absolute atomic E-state index is 6.49. The number of hydrogen-bond donors (Lipinski definition) is 1. The van der Waals surface area contributed by atoms with Crippen LogP contribution in [-0.2, 0) is 0 Å². The lowest BCUT2D eigenvalue weighted by molar-refractivity contribution is 0.414. The smallest absolute Gasteiger partial charge is 0.179 e. The monoisotopic (exact) mass is 574 g/mol. The largest absolute Gasteiger partial charge is 0.497 e. The summed E-state index contributed by atoms with van der Waals surface area (Å²) in [4.78, 5) is 12.6. The number of amidine groups is 2. The molecule has 0 amide bonds. The summed E-state index contributed by atoms with van der Waals surface area (Å²) in [5.74, 6) is 3.38. The average Bonchev–Trinajstić information content (AvgIpc) is 3.36. The molecule has 2 aliphatic rings. The number of rotatable bonds is 5. The van der Waals surface area contributed by atoms with Gasteiger partial charge in [-0.1, -0.05) is 54.1 Å². The molecule has 1 atom stereocenters. The van der Waals surface area contributed by atoms with E-state index in [-0.39, 0.29) is 6.04 Å². The molecule has 1 unspecified atom stereocenters. The zero-order valence-corrected chi connectivity index (χ0v) is 24.0. The van der Waals surface area contributed by atoms with Crippen molar-refractivity contribution in [2.24, 2.45) is 9.98 Å². The number of hydrogen-bond acceptors (Lipinski definition) is 7. The highest BCUT2D eigenvalue weighted by Gasteiger charge is 2.41. The first-order chi connectivity index (χ1) is 20.6. The van der Waals surface area contributed by atoms with E-state index >= 15 is 0 Å². The normalized spacial score (nSPS) is 15.1. The second kappa shape index (κ2) is 10.4. The van der Waals surface area contributed by atoms with Crippen LogP contribution < -0.4 is 19.7 Å². The first-order valence-electron chi connectivity index (χ1n) is 13.5. The van der Waals surface area contributed by atoms with E-state index in [0.29, 0.717) is 22.4 Å². The summed E-state index contributed by atoms with van der Waals surface area (Å²) in [6.07, 6.45) is 0. The first kappa shape index (κ1) is 25.9. The third-order valence-electron chi connectivity index (χ3n) is 7.46. The molecule has 1 N–H and O–H groups in total. The van der Waals surface area contributed by atoms with Gasteiger partial charge in [0.1, 0.15) is 11.5 Å². The fourth-order valence-corrected chi connectivity index (χ4v) is 5.81. The highest BCUT2D eigenvalue weighted by atomic mass is 35.5. The number of benzene rings is 4. The Morgan fingerprint density at radius 3 is 2.43 bits per heavy atom. The lowest BCUT2D eigenvalue weighted by Gasteiger charge is -2.40. The van der Waals surface area contributed by atoms with Gasteiger partial charge in [-0.2, -0.15) is 5.10 Å². The summed E-state index contributed by atoms with van der Waals surface area (Å²) in [5.41, 5.74) is 6.40. The molecule has 0 spiro atoms. The molecule has 5 aromatic rings. The van der Waals surface area contributed by atoms with Gasteiger partial charge in [0.25, 0.3) is 0 Å². The standard InChI is InChI=1S/C33H27ClN6O2/c1-20-29-30(21-10-9-13-24(18-21)41-2)39-27-15-8-7-14-26(27)36-31(35-22-16-17-28(42-3)25(34)19-22)33(39)37-32(29)40(38-20)23-11-5-4-6-12-23/h4-19,30H,1-3H3,(H,35,36). The summed E-state index contributed by atoms with van der Waals surface area (Å²) >= 11 is 6.49. The highest BCUT2D eigenvalue weighted by molar-refractivity contribution is 6.51. The van der Waals surface area contributed by atoms with Crippen LogP contribution in [0, 0.1) is 6.92 Å². The van der Waals surface area contributed by atoms with Crippen LogP contribution >= 0.6 is 11.6 Å². The lowest BCUT2D eigenvalue weighted by atomic mass is 9.93. The minimum absolute atomic E-state index is 0.257. The Morgan fingerprint density at radius 2 is 1.64 bits per heavy atom. The molecule has 3 heterocycles. The molecule has 9 heteroatoms. The predicted octanol–water partition coefficient (Wildman–Crippen LogP) is 7.65. The van der Waals surface area contributed by atoms with Crippen LogP contribution in [0.4, 0.5) is 22.9 Å². The topological polar surface area (TPSA) is 76.3 Å². The van der Waals surface area contributed by atoms with Gasteiger partial charge in [-0.05, 0) is 67.1 Å². The van der Waals surface area contributed by atoms with E-state index in [0.717, 1.165) is 51.1 Å². The van der Waals surface area contributed by atoms with Gasteiger partial charge in [0.05, 0.1) is 48.0 Å². The van der Waals surface area contributed by atoms with Crippen molar-refractivity contribution in [2.45, 2.75) is 13.0 Å². The van der Waals surface area contributed by atoms with E-state index < -0.39 is 0 Å². The molecule has 7 rings (SSSR count).